The molecular formula is C15H22O2. The summed E-state index contributed by atoms with van der Waals surface area (Å²) in [6.45, 7) is 6.42. The molecule has 1 unspecified atom stereocenters. The van der Waals surface area contributed by atoms with Gasteiger partial charge in [-0.2, -0.15) is 0 Å². The fraction of sp³-hybridized carbons (Fsp3) is 0.533. The number of ether oxygens (including phenoxy) is 1. The van der Waals surface area contributed by atoms with Crippen molar-refractivity contribution in [3.8, 4) is 0 Å². The molecule has 2 nitrogen and oxygen atoms in total. The number of hydrogen-bond donors (Lipinski definition) is 0. The maximum absolute atomic E-state index is 11.4. The highest BCUT2D eigenvalue weighted by atomic mass is 16.5. The van der Waals surface area contributed by atoms with Gasteiger partial charge in [0, 0.05) is 0 Å². The zero-order valence-electron chi connectivity index (χ0n) is 11.2. The summed E-state index contributed by atoms with van der Waals surface area (Å²) < 4.78 is 4.76. The van der Waals surface area contributed by atoms with E-state index in [1.807, 2.05) is 0 Å². The van der Waals surface area contributed by atoms with Gasteiger partial charge in [0.1, 0.15) is 0 Å². The first-order valence-corrected chi connectivity index (χ1v) is 6.24. The molecule has 0 N–H and O–H groups in total. The smallest absolute Gasteiger partial charge is 0.306 e. The lowest BCUT2D eigenvalue weighted by molar-refractivity contribution is -0.141. The average molecular weight is 234 g/mol. The van der Waals surface area contributed by atoms with Crippen molar-refractivity contribution in [2.24, 2.45) is 5.92 Å². The van der Waals surface area contributed by atoms with Crippen LogP contribution in [0.2, 0.25) is 0 Å². The van der Waals surface area contributed by atoms with Crippen LogP contribution in [0.5, 0.6) is 0 Å². The lowest BCUT2D eigenvalue weighted by atomic mass is 9.85. The Hall–Kier alpha value is -1.31. The molecule has 1 aromatic carbocycles. The van der Waals surface area contributed by atoms with Gasteiger partial charge < -0.3 is 4.74 Å². The van der Waals surface area contributed by atoms with Crippen LogP contribution in [0, 0.1) is 5.92 Å². The third kappa shape index (κ3) is 3.88. The van der Waals surface area contributed by atoms with E-state index in [4.69, 9.17) is 4.74 Å². The van der Waals surface area contributed by atoms with Crippen molar-refractivity contribution >= 4 is 5.97 Å². The predicted molar refractivity (Wildman–Crippen MR) is 70.0 cm³/mol. The van der Waals surface area contributed by atoms with Gasteiger partial charge in [0.25, 0.3) is 0 Å². The second-order valence-corrected chi connectivity index (χ2v) is 4.73. The Labute approximate surface area is 104 Å². The molecule has 0 heterocycles. The quantitative estimate of drug-likeness (QED) is 0.728. The summed E-state index contributed by atoms with van der Waals surface area (Å²) in [4.78, 5) is 11.4. The molecule has 0 spiro atoms. The molecule has 1 atom stereocenters. The molecule has 0 aliphatic heterocycles. The van der Waals surface area contributed by atoms with Crippen molar-refractivity contribution in [3.63, 3.8) is 0 Å². The van der Waals surface area contributed by atoms with E-state index in [0.717, 1.165) is 6.42 Å². The molecule has 0 aliphatic rings. The average Bonchev–Trinajstić information content (AvgIpc) is 2.35. The number of carbonyl (C=O) groups excluding carboxylic acids is 1. The molecule has 0 aromatic heterocycles. The summed E-state index contributed by atoms with van der Waals surface area (Å²) in [5, 5.41) is 0. The molecule has 0 amide bonds. The van der Waals surface area contributed by atoms with Crippen molar-refractivity contribution in [1.29, 1.82) is 0 Å². The van der Waals surface area contributed by atoms with Gasteiger partial charge >= 0.3 is 5.97 Å². The molecule has 17 heavy (non-hydrogen) atoms. The van der Waals surface area contributed by atoms with E-state index in [-0.39, 0.29) is 11.9 Å². The van der Waals surface area contributed by atoms with Crippen molar-refractivity contribution in [1.82, 2.24) is 0 Å². The summed E-state index contributed by atoms with van der Waals surface area (Å²) in [6, 6.07) is 8.54. The molecule has 0 bridgehead atoms. The fourth-order valence-electron chi connectivity index (χ4n) is 2.00. The third-order valence-electron chi connectivity index (χ3n) is 3.24. The Bertz CT molecular complexity index is 352. The summed E-state index contributed by atoms with van der Waals surface area (Å²) in [5.41, 5.74) is 2.55. The molecule has 0 saturated heterocycles. The molecule has 0 radical (unpaired) electrons. The first kappa shape index (κ1) is 13.8. The topological polar surface area (TPSA) is 26.3 Å². The van der Waals surface area contributed by atoms with E-state index in [1.54, 1.807) is 0 Å². The molecular weight excluding hydrogens is 212 g/mol. The second-order valence-electron chi connectivity index (χ2n) is 4.73. The number of esters is 1. The van der Waals surface area contributed by atoms with Gasteiger partial charge in [-0.15, -0.1) is 0 Å². The Morgan fingerprint density at radius 2 is 1.82 bits per heavy atom. The molecule has 0 fully saturated rings. The van der Waals surface area contributed by atoms with Crippen LogP contribution < -0.4 is 0 Å². The Kier molecular flexibility index (Phi) is 5.20. The standard InChI is InChI=1S/C15H22O2/c1-5-12-6-8-13(9-7-12)14(11(2)3)10-15(16)17-4/h6-9,11,14H,5,10H2,1-4H3. The van der Waals surface area contributed by atoms with Crippen LogP contribution >= 0.6 is 0 Å². The number of carbonyl (C=O) groups is 1. The highest BCUT2D eigenvalue weighted by Crippen LogP contribution is 2.28. The van der Waals surface area contributed by atoms with Crippen LogP contribution in [0.4, 0.5) is 0 Å². The van der Waals surface area contributed by atoms with E-state index in [9.17, 15) is 4.79 Å². The van der Waals surface area contributed by atoms with Crippen molar-refractivity contribution in [3.05, 3.63) is 35.4 Å². The van der Waals surface area contributed by atoms with E-state index >= 15 is 0 Å². The molecule has 0 aliphatic carbocycles. The minimum Gasteiger partial charge on any atom is -0.469 e. The van der Waals surface area contributed by atoms with Gasteiger partial charge in [0.15, 0.2) is 0 Å². The number of methoxy groups -OCH3 is 1. The van der Waals surface area contributed by atoms with Crippen LogP contribution in [-0.2, 0) is 16.0 Å². The summed E-state index contributed by atoms with van der Waals surface area (Å²) in [7, 11) is 1.44. The Morgan fingerprint density at radius 1 is 1.24 bits per heavy atom. The van der Waals surface area contributed by atoms with E-state index in [0.29, 0.717) is 12.3 Å². The Balaban J connectivity index is 2.85. The zero-order chi connectivity index (χ0) is 12.8. The van der Waals surface area contributed by atoms with Crippen LogP contribution in [0.15, 0.2) is 24.3 Å². The minimum atomic E-state index is -0.136. The highest BCUT2D eigenvalue weighted by Gasteiger charge is 2.19. The second kappa shape index (κ2) is 6.43. The van der Waals surface area contributed by atoms with Crippen molar-refractivity contribution in [2.45, 2.75) is 39.5 Å². The summed E-state index contributed by atoms with van der Waals surface area (Å²) in [6.07, 6.45) is 1.50. The lowest BCUT2D eigenvalue weighted by Crippen LogP contribution is -2.13. The highest BCUT2D eigenvalue weighted by molar-refractivity contribution is 5.70. The molecule has 0 saturated carbocycles. The van der Waals surface area contributed by atoms with Crippen LogP contribution in [0.1, 0.15) is 44.2 Å². The summed E-state index contributed by atoms with van der Waals surface area (Å²) >= 11 is 0. The fourth-order valence-corrected chi connectivity index (χ4v) is 2.00. The largest absolute Gasteiger partial charge is 0.469 e. The van der Waals surface area contributed by atoms with Gasteiger partial charge in [-0.1, -0.05) is 45.0 Å². The maximum Gasteiger partial charge on any atom is 0.306 e. The SMILES string of the molecule is CCc1ccc(C(CC(=O)OC)C(C)C)cc1. The molecule has 94 valence electrons. The molecule has 1 rings (SSSR count). The number of aryl methyl sites for hydroxylation is 1. The van der Waals surface area contributed by atoms with Gasteiger partial charge in [-0.3, -0.25) is 4.79 Å². The predicted octanol–water partition coefficient (Wildman–Crippen LogP) is 3.55. The van der Waals surface area contributed by atoms with Gasteiger partial charge in [0.2, 0.25) is 0 Å². The minimum absolute atomic E-state index is 0.136. The lowest BCUT2D eigenvalue weighted by Gasteiger charge is -2.20. The number of hydrogen-bond acceptors (Lipinski definition) is 2. The van der Waals surface area contributed by atoms with E-state index in [2.05, 4.69) is 45.0 Å². The van der Waals surface area contributed by atoms with Crippen LogP contribution in [0.25, 0.3) is 0 Å². The van der Waals surface area contributed by atoms with Crippen LogP contribution in [0.3, 0.4) is 0 Å². The third-order valence-corrected chi connectivity index (χ3v) is 3.24. The summed E-state index contributed by atoms with van der Waals surface area (Å²) in [5.74, 6) is 0.540. The maximum atomic E-state index is 11.4. The van der Waals surface area contributed by atoms with Gasteiger partial charge in [0.05, 0.1) is 13.5 Å². The molecule has 1 aromatic rings. The van der Waals surface area contributed by atoms with Crippen molar-refractivity contribution in [2.75, 3.05) is 7.11 Å². The molecule has 2 heteroatoms. The first-order valence-electron chi connectivity index (χ1n) is 6.24. The van der Waals surface area contributed by atoms with Crippen molar-refractivity contribution < 1.29 is 9.53 Å². The van der Waals surface area contributed by atoms with Crippen LogP contribution in [-0.4, -0.2) is 13.1 Å². The Morgan fingerprint density at radius 3 is 2.24 bits per heavy atom. The number of benzene rings is 1. The van der Waals surface area contributed by atoms with E-state index in [1.165, 1.54) is 18.2 Å². The number of rotatable bonds is 5. The zero-order valence-corrected chi connectivity index (χ0v) is 11.2. The van der Waals surface area contributed by atoms with E-state index < -0.39 is 0 Å². The van der Waals surface area contributed by atoms with Gasteiger partial charge in [-0.05, 0) is 29.4 Å². The first-order chi connectivity index (χ1) is 8.08. The van der Waals surface area contributed by atoms with Gasteiger partial charge in [-0.25, -0.2) is 0 Å². The normalized spacial score (nSPS) is 12.5. The monoisotopic (exact) mass is 234 g/mol.